The monoisotopic (exact) mass is 408 g/mol. The zero-order chi connectivity index (χ0) is 21.3. The molecule has 11 nitrogen and oxygen atoms in total. The van der Waals surface area contributed by atoms with E-state index in [2.05, 4.69) is 20.7 Å². The molecule has 1 aliphatic heterocycles. The van der Waals surface area contributed by atoms with Gasteiger partial charge in [0.05, 0.1) is 18.5 Å². The summed E-state index contributed by atoms with van der Waals surface area (Å²) in [5.41, 5.74) is 1.05. The van der Waals surface area contributed by atoms with E-state index in [1.807, 2.05) is 0 Å². The molecule has 30 heavy (non-hydrogen) atoms. The van der Waals surface area contributed by atoms with Crippen molar-refractivity contribution >= 4 is 29.1 Å². The van der Waals surface area contributed by atoms with Gasteiger partial charge in [-0.25, -0.2) is 4.68 Å². The van der Waals surface area contributed by atoms with E-state index in [1.165, 1.54) is 28.9 Å². The summed E-state index contributed by atoms with van der Waals surface area (Å²) in [6.45, 7) is 0. The van der Waals surface area contributed by atoms with E-state index in [9.17, 15) is 19.7 Å². The Hall–Kier alpha value is -4.28. The first-order valence-electron chi connectivity index (χ1n) is 8.91. The van der Waals surface area contributed by atoms with Crippen molar-refractivity contribution in [3.8, 4) is 17.1 Å². The number of hydrogen-bond donors (Lipinski definition) is 2. The molecule has 2 heterocycles. The van der Waals surface area contributed by atoms with Crippen LogP contribution >= 0.6 is 0 Å². The normalized spacial score (nSPS) is 14.7. The molecule has 2 N–H and O–H groups in total. The number of carbonyl (C=O) groups excluding carboxylic acids is 2. The fourth-order valence-corrected chi connectivity index (χ4v) is 3.03. The predicted octanol–water partition coefficient (Wildman–Crippen LogP) is 2.38. The minimum Gasteiger partial charge on any atom is -0.497 e. The van der Waals surface area contributed by atoms with Crippen LogP contribution in [0.3, 0.4) is 0 Å². The molecular weight excluding hydrogens is 392 g/mol. The highest BCUT2D eigenvalue weighted by Gasteiger charge is 2.35. The maximum atomic E-state index is 12.4. The van der Waals surface area contributed by atoms with Gasteiger partial charge < -0.3 is 10.1 Å². The Labute approximate surface area is 169 Å². The van der Waals surface area contributed by atoms with Crippen LogP contribution in [0.1, 0.15) is 12.5 Å². The van der Waals surface area contributed by atoms with E-state index in [4.69, 9.17) is 4.74 Å². The molecule has 2 amide bonds. The lowest BCUT2D eigenvalue weighted by atomic mass is 10.2. The molecule has 4 rings (SSSR count). The van der Waals surface area contributed by atoms with Crippen LogP contribution in [0, 0.1) is 10.1 Å². The molecule has 0 saturated heterocycles. The number of nitro groups is 1. The number of carbonyl (C=O) groups is 2. The predicted molar refractivity (Wildman–Crippen MR) is 106 cm³/mol. The van der Waals surface area contributed by atoms with Crippen LogP contribution in [0.15, 0.2) is 48.5 Å². The Balaban J connectivity index is 1.47. The Kier molecular flexibility index (Phi) is 4.84. The number of benzene rings is 2. The average Bonchev–Trinajstić information content (AvgIpc) is 3.27. The standard InChI is InChI=1S/C19H16N6O5/c1-30-14-8-2-11(3-9-14)17-21-19-22-18(27)15(24(19)23-17)10-16(26)20-12-4-6-13(7-5-12)25(28)29/h2-9,15H,10H2,1H3,(H,20,26)(H,21,22,23,27)/t15-/m0/s1. The number of non-ortho nitro benzene ring substituents is 1. The highest BCUT2D eigenvalue weighted by atomic mass is 16.6. The molecule has 2 aromatic carbocycles. The first kappa shape index (κ1) is 19.1. The topological polar surface area (TPSA) is 141 Å². The molecule has 0 aliphatic carbocycles. The van der Waals surface area contributed by atoms with Crippen molar-refractivity contribution in [2.75, 3.05) is 17.7 Å². The van der Waals surface area contributed by atoms with E-state index >= 15 is 0 Å². The minimum atomic E-state index is -0.849. The summed E-state index contributed by atoms with van der Waals surface area (Å²) in [4.78, 5) is 39.1. The molecule has 3 aromatic rings. The highest BCUT2D eigenvalue weighted by molar-refractivity contribution is 6.01. The number of nitro benzene ring substituents is 1. The first-order valence-corrected chi connectivity index (χ1v) is 8.91. The van der Waals surface area contributed by atoms with E-state index in [1.54, 1.807) is 31.4 Å². The number of hydrogen-bond acceptors (Lipinski definition) is 7. The van der Waals surface area contributed by atoms with Gasteiger partial charge in [-0.3, -0.25) is 25.0 Å². The molecular formula is C19H16N6O5. The lowest BCUT2D eigenvalue weighted by molar-refractivity contribution is -0.384. The summed E-state index contributed by atoms with van der Waals surface area (Å²) in [6, 6.07) is 11.7. The number of amides is 2. The van der Waals surface area contributed by atoms with Crippen molar-refractivity contribution in [3.63, 3.8) is 0 Å². The van der Waals surface area contributed by atoms with Gasteiger partial charge in [-0.1, -0.05) is 0 Å². The second-order valence-electron chi connectivity index (χ2n) is 6.49. The van der Waals surface area contributed by atoms with Crippen LogP contribution in [0.2, 0.25) is 0 Å². The summed E-state index contributed by atoms with van der Waals surface area (Å²) < 4.78 is 6.51. The van der Waals surface area contributed by atoms with Gasteiger partial charge in [0, 0.05) is 23.4 Å². The number of nitrogens with zero attached hydrogens (tertiary/aromatic N) is 4. The second-order valence-corrected chi connectivity index (χ2v) is 6.49. The van der Waals surface area contributed by atoms with Crippen LogP contribution in [-0.2, 0) is 9.59 Å². The van der Waals surface area contributed by atoms with Gasteiger partial charge in [-0.15, -0.1) is 5.10 Å². The Morgan fingerprint density at radius 1 is 1.23 bits per heavy atom. The SMILES string of the molecule is COc1ccc(-c2nc3n(n2)[C@@H](CC(=O)Nc2ccc([N+](=O)[O-])cc2)C(=O)N3)cc1. The third-order valence-electron chi connectivity index (χ3n) is 4.55. The number of aromatic nitrogens is 3. The Morgan fingerprint density at radius 3 is 2.57 bits per heavy atom. The number of methoxy groups -OCH3 is 1. The summed E-state index contributed by atoms with van der Waals surface area (Å²) in [5, 5.41) is 20.3. The highest BCUT2D eigenvalue weighted by Crippen LogP contribution is 2.29. The third-order valence-corrected chi connectivity index (χ3v) is 4.55. The van der Waals surface area contributed by atoms with E-state index in [-0.39, 0.29) is 24.0 Å². The van der Waals surface area contributed by atoms with E-state index in [0.29, 0.717) is 17.3 Å². The Morgan fingerprint density at radius 2 is 1.93 bits per heavy atom. The van der Waals surface area contributed by atoms with Crippen LogP contribution < -0.4 is 15.4 Å². The molecule has 0 fully saturated rings. The average molecular weight is 408 g/mol. The van der Waals surface area contributed by atoms with Crippen molar-refractivity contribution in [3.05, 3.63) is 58.6 Å². The summed E-state index contributed by atoms with van der Waals surface area (Å²) in [6.07, 6.45) is -0.165. The number of fused-ring (bicyclic) bond motifs is 1. The van der Waals surface area contributed by atoms with Crippen LogP contribution in [0.4, 0.5) is 17.3 Å². The number of anilines is 2. The molecule has 1 atom stereocenters. The largest absolute Gasteiger partial charge is 0.497 e. The van der Waals surface area contributed by atoms with Crippen molar-refractivity contribution in [1.29, 1.82) is 0 Å². The Bertz CT molecular complexity index is 1120. The maximum Gasteiger partial charge on any atom is 0.269 e. The lowest BCUT2D eigenvalue weighted by Gasteiger charge is -2.10. The molecule has 0 spiro atoms. The van der Waals surface area contributed by atoms with Crippen molar-refractivity contribution in [2.24, 2.45) is 0 Å². The van der Waals surface area contributed by atoms with Gasteiger partial charge in [0.15, 0.2) is 5.82 Å². The summed E-state index contributed by atoms with van der Waals surface area (Å²) in [5.74, 6) is 0.551. The van der Waals surface area contributed by atoms with Gasteiger partial charge in [0.1, 0.15) is 11.8 Å². The second kappa shape index (κ2) is 7.62. The maximum absolute atomic E-state index is 12.4. The summed E-state index contributed by atoms with van der Waals surface area (Å²) >= 11 is 0. The molecule has 1 aliphatic rings. The first-order chi connectivity index (χ1) is 14.4. The lowest BCUT2D eigenvalue weighted by Crippen LogP contribution is -2.23. The molecule has 11 heteroatoms. The van der Waals surface area contributed by atoms with Gasteiger partial charge in [0.2, 0.25) is 11.9 Å². The van der Waals surface area contributed by atoms with Gasteiger partial charge in [-0.05, 0) is 36.4 Å². The zero-order valence-corrected chi connectivity index (χ0v) is 15.7. The fourth-order valence-electron chi connectivity index (χ4n) is 3.03. The molecule has 0 unspecified atom stereocenters. The smallest absolute Gasteiger partial charge is 0.269 e. The molecule has 0 radical (unpaired) electrons. The molecule has 1 aromatic heterocycles. The van der Waals surface area contributed by atoms with Crippen LogP contribution in [0.25, 0.3) is 11.4 Å². The third kappa shape index (κ3) is 3.68. The fraction of sp³-hybridized carbons (Fsp3) is 0.158. The van der Waals surface area contributed by atoms with E-state index < -0.39 is 16.9 Å². The van der Waals surface area contributed by atoms with Crippen LogP contribution in [-0.4, -0.2) is 38.6 Å². The quantitative estimate of drug-likeness (QED) is 0.471. The van der Waals surface area contributed by atoms with Crippen molar-refractivity contribution in [1.82, 2.24) is 14.8 Å². The number of nitrogens with one attached hydrogen (secondary N) is 2. The number of rotatable bonds is 6. The van der Waals surface area contributed by atoms with E-state index in [0.717, 1.165) is 5.56 Å². The van der Waals surface area contributed by atoms with Crippen molar-refractivity contribution < 1.29 is 19.2 Å². The van der Waals surface area contributed by atoms with Gasteiger partial charge in [-0.2, -0.15) is 4.98 Å². The molecule has 0 saturated carbocycles. The number of ether oxygens (including phenoxy) is 1. The van der Waals surface area contributed by atoms with Gasteiger partial charge >= 0.3 is 0 Å². The van der Waals surface area contributed by atoms with Crippen molar-refractivity contribution in [2.45, 2.75) is 12.5 Å². The summed E-state index contributed by atoms with van der Waals surface area (Å²) in [7, 11) is 1.57. The zero-order valence-electron chi connectivity index (χ0n) is 15.7. The van der Waals surface area contributed by atoms with Crippen LogP contribution in [0.5, 0.6) is 5.75 Å². The molecule has 152 valence electrons. The molecule has 0 bridgehead atoms. The van der Waals surface area contributed by atoms with Gasteiger partial charge in [0.25, 0.3) is 11.6 Å². The minimum absolute atomic E-state index is 0.0820.